The predicted octanol–water partition coefficient (Wildman–Crippen LogP) is 2.64. The van der Waals surface area contributed by atoms with E-state index >= 15 is 0 Å². The summed E-state index contributed by atoms with van der Waals surface area (Å²) in [5, 5.41) is 4.13. The van der Waals surface area contributed by atoms with Crippen molar-refractivity contribution < 1.29 is 0 Å². The lowest BCUT2D eigenvalue weighted by atomic mass is 10.0. The van der Waals surface area contributed by atoms with Crippen molar-refractivity contribution in [3.05, 3.63) is 46.1 Å². The van der Waals surface area contributed by atoms with Gasteiger partial charge < -0.3 is 22.5 Å². The fourth-order valence-electron chi connectivity index (χ4n) is 2.48. The molecule has 0 bridgehead atoms. The molecule has 7 N–H and O–H groups in total. The maximum atomic E-state index is 6.10. The molecule has 0 aliphatic carbocycles. The topological polar surface area (TPSA) is 142 Å². The van der Waals surface area contributed by atoms with Gasteiger partial charge in [-0.25, -0.2) is 9.97 Å². The summed E-state index contributed by atoms with van der Waals surface area (Å²) in [6.07, 6.45) is 2.10. The molecule has 0 aliphatic rings. The second kappa shape index (κ2) is 7.59. The minimum atomic E-state index is 0.0777. The van der Waals surface area contributed by atoms with E-state index in [1.807, 2.05) is 0 Å². The molecule has 0 fully saturated rings. The molecule has 0 saturated heterocycles. The molecule has 10 heteroatoms. The lowest BCUT2D eigenvalue weighted by Crippen LogP contribution is -2.12. The molecule has 8 nitrogen and oxygen atoms in total. The van der Waals surface area contributed by atoms with Crippen molar-refractivity contribution in [1.29, 1.82) is 0 Å². The SMILES string of the molecule is Nc1nccc(NCCc2c(N)nc(N)nc2-c2cc(Cl)cc(Cl)c2)n1. The van der Waals surface area contributed by atoms with Crippen LogP contribution in [-0.4, -0.2) is 26.5 Å². The maximum absolute atomic E-state index is 6.10. The Hall–Kier alpha value is -2.84. The van der Waals surface area contributed by atoms with Gasteiger partial charge in [0.05, 0.1) is 5.69 Å². The summed E-state index contributed by atoms with van der Waals surface area (Å²) in [5.74, 6) is 1.18. The Morgan fingerprint density at radius 1 is 0.923 bits per heavy atom. The third-order valence-corrected chi connectivity index (χ3v) is 3.98. The highest BCUT2D eigenvalue weighted by molar-refractivity contribution is 6.35. The van der Waals surface area contributed by atoms with Crippen LogP contribution in [0.15, 0.2) is 30.5 Å². The highest BCUT2D eigenvalue weighted by Crippen LogP contribution is 2.31. The van der Waals surface area contributed by atoms with E-state index in [9.17, 15) is 0 Å². The normalized spacial score (nSPS) is 10.7. The minimum absolute atomic E-state index is 0.0777. The summed E-state index contributed by atoms with van der Waals surface area (Å²) in [4.78, 5) is 16.3. The standard InChI is InChI=1S/C16H16Cl2N8/c17-9-5-8(6-10(18)7-9)13-11(14(19)26-16(21)25-13)1-3-22-12-2-4-23-15(20)24-12/h2,4-7H,1,3H2,(H4,19,21,25,26)(H3,20,22,23,24). The lowest BCUT2D eigenvalue weighted by molar-refractivity contribution is 0.982. The fraction of sp³-hybridized carbons (Fsp3) is 0.125. The van der Waals surface area contributed by atoms with Crippen molar-refractivity contribution in [2.24, 2.45) is 0 Å². The summed E-state index contributed by atoms with van der Waals surface area (Å²) < 4.78 is 0. The van der Waals surface area contributed by atoms with Crippen molar-refractivity contribution in [3.8, 4) is 11.3 Å². The average molecular weight is 391 g/mol. The summed E-state index contributed by atoms with van der Waals surface area (Å²) in [6.45, 7) is 0.523. The molecule has 3 rings (SSSR count). The van der Waals surface area contributed by atoms with Gasteiger partial charge in [-0.2, -0.15) is 9.97 Å². The Bertz CT molecular complexity index is 927. The second-order valence-electron chi connectivity index (χ2n) is 5.43. The number of hydrogen-bond acceptors (Lipinski definition) is 8. The largest absolute Gasteiger partial charge is 0.383 e. The van der Waals surface area contributed by atoms with Crippen LogP contribution in [-0.2, 0) is 6.42 Å². The Balaban J connectivity index is 1.88. The zero-order valence-corrected chi connectivity index (χ0v) is 15.1. The van der Waals surface area contributed by atoms with Gasteiger partial charge >= 0.3 is 0 Å². The summed E-state index contributed by atoms with van der Waals surface area (Å²) >= 11 is 12.2. The number of aromatic nitrogens is 4. The molecule has 3 aromatic rings. The zero-order chi connectivity index (χ0) is 18.7. The highest BCUT2D eigenvalue weighted by Gasteiger charge is 2.14. The first-order chi connectivity index (χ1) is 12.4. The average Bonchev–Trinajstić information content (AvgIpc) is 2.55. The first-order valence-corrected chi connectivity index (χ1v) is 8.38. The molecule has 0 saturated carbocycles. The fourth-order valence-corrected chi connectivity index (χ4v) is 3.01. The van der Waals surface area contributed by atoms with Crippen LogP contribution >= 0.6 is 23.2 Å². The molecule has 2 aromatic heterocycles. The van der Waals surface area contributed by atoms with Gasteiger partial charge in [0.25, 0.3) is 0 Å². The monoisotopic (exact) mass is 390 g/mol. The highest BCUT2D eigenvalue weighted by atomic mass is 35.5. The van der Waals surface area contributed by atoms with Gasteiger partial charge in [0.1, 0.15) is 11.6 Å². The van der Waals surface area contributed by atoms with Gasteiger partial charge in [0.15, 0.2) is 0 Å². The van der Waals surface area contributed by atoms with E-state index < -0.39 is 0 Å². The van der Waals surface area contributed by atoms with Crippen LogP contribution in [0.4, 0.5) is 23.5 Å². The van der Waals surface area contributed by atoms with Crippen LogP contribution < -0.4 is 22.5 Å². The summed E-state index contributed by atoms with van der Waals surface area (Å²) in [7, 11) is 0. The molecule has 26 heavy (non-hydrogen) atoms. The van der Waals surface area contributed by atoms with Crippen LogP contribution in [0.5, 0.6) is 0 Å². The number of nitrogens with two attached hydrogens (primary N) is 3. The molecule has 1 aromatic carbocycles. The van der Waals surface area contributed by atoms with E-state index in [0.29, 0.717) is 45.9 Å². The van der Waals surface area contributed by atoms with Crippen LogP contribution in [0.3, 0.4) is 0 Å². The van der Waals surface area contributed by atoms with E-state index in [2.05, 4.69) is 25.3 Å². The molecule has 2 heterocycles. The lowest BCUT2D eigenvalue weighted by Gasteiger charge is -2.13. The maximum Gasteiger partial charge on any atom is 0.222 e. The van der Waals surface area contributed by atoms with Gasteiger partial charge in [-0.1, -0.05) is 23.2 Å². The van der Waals surface area contributed by atoms with Crippen molar-refractivity contribution in [2.75, 3.05) is 29.1 Å². The molecule has 0 unspecified atom stereocenters. The summed E-state index contributed by atoms with van der Waals surface area (Å²) in [5.41, 5.74) is 19.4. The Morgan fingerprint density at radius 3 is 2.35 bits per heavy atom. The third-order valence-electron chi connectivity index (χ3n) is 3.55. The number of hydrogen-bond donors (Lipinski definition) is 4. The van der Waals surface area contributed by atoms with Gasteiger partial charge in [0, 0.05) is 33.9 Å². The van der Waals surface area contributed by atoms with E-state index in [1.165, 1.54) is 0 Å². The molecular formula is C16H16Cl2N8. The minimum Gasteiger partial charge on any atom is -0.383 e. The number of benzene rings is 1. The molecule has 0 spiro atoms. The predicted molar refractivity (Wildman–Crippen MR) is 105 cm³/mol. The van der Waals surface area contributed by atoms with Gasteiger partial charge in [0.2, 0.25) is 11.9 Å². The van der Waals surface area contributed by atoms with Crippen LogP contribution in [0.25, 0.3) is 11.3 Å². The number of nitrogens with zero attached hydrogens (tertiary/aromatic N) is 4. The Morgan fingerprint density at radius 2 is 1.65 bits per heavy atom. The van der Waals surface area contributed by atoms with Gasteiger partial charge in [-0.3, -0.25) is 0 Å². The van der Waals surface area contributed by atoms with Crippen molar-refractivity contribution in [1.82, 2.24) is 19.9 Å². The summed E-state index contributed by atoms with van der Waals surface area (Å²) in [6, 6.07) is 6.85. The van der Waals surface area contributed by atoms with Crippen LogP contribution in [0.2, 0.25) is 10.0 Å². The quantitative estimate of drug-likeness (QED) is 0.520. The van der Waals surface area contributed by atoms with Crippen molar-refractivity contribution in [3.63, 3.8) is 0 Å². The number of nitrogen functional groups attached to an aromatic ring is 3. The molecule has 0 aliphatic heterocycles. The van der Waals surface area contributed by atoms with E-state index in [4.69, 9.17) is 40.4 Å². The second-order valence-corrected chi connectivity index (χ2v) is 6.30. The van der Waals surface area contributed by atoms with Gasteiger partial charge in [-0.05, 0) is 30.7 Å². The van der Waals surface area contributed by atoms with E-state index in [0.717, 1.165) is 5.56 Å². The van der Waals surface area contributed by atoms with E-state index in [1.54, 1.807) is 30.5 Å². The Kier molecular flexibility index (Phi) is 5.24. The smallest absolute Gasteiger partial charge is 0.222 e. The molecular weight excluding hydrogens is 375 g/mol. The first-order valence-electron chi connectivity index (χ1n) is 7.63. The van der Waals surface area contributed by atoms with Crippen molar-refractivity contribution in [2.45, 2.75) is 6.42 Å². The molecule has 0 amide bonds. The van der Waals surface area contributed by atoms with Gasteiger partial charge in [-0.15, -0.1) is 0 Å². The molecule has 134 valence electrons. The van der Waals surface area contributed by atoms with Crippen molar-refractivity contribution >= 4 is 46.7 Å². The molecule has 0 radical (unpaired) electrons. The van der Waals surface area contributed by atoms with Crippen LogP contribution in [0, 0.1) is 0 Å². The molecule has 0 atom stereocenters. The third kappa shape index (κ3) is 4.22. The Labute approximate surface area is 159 Å². The number of rotatable bonds is 5. The zero-order valence-electron chi connectivity index (χ0n) is 13.6. The first kappa shape index (κ1) is 18.0. The number of anilines is 4. The van der Waals surface area contributed by atoms with Crippen LogP contribution in [0.1, 0.15) is 5.56 Å². The van der Waals surface area contributed by atoms with E-state index in [-0.39, 0.29) is 11.9 Å². The number of nitrogens with one attached hydrogen (secondary N) is 1. The number of halogens is 2.